The van der Waals surface area contributed by atoms with E-state index in [9.17, 15) is 0 Å². The maximum absolute atomic E-state index is 5.49. The first-order valence-electron chi connectivity index (χ1n) is 7.88. The van der Waals surface area contributed by atoms with E-state index >= 15 is 0 Å². The van der Waals surface area contributed by atoms with Gasteiger partial charge in [-0.25, -0.2) is 0 Å². The third-order valence-corrected chi connectivity index (χ3v) is 4.88. The Balaban J connectivity index is 1.70. The van der Waals surface area contributed by atoms with Crippen LogP contribution in [0.4, 0.5) is 0 Å². The SMILES string of the molecule is COc1ccccc1CN1CC2CCCCN2CC1C. The second kappa shape index (κ2) is 6.15. The van der Waals surface area contributed by atoms with Crippen LogP contribution in [-0.2, 0) is 6.54 Å². The van der Waals surface area contributed by atoms with E-state index in [-0.39, 0.29) is 0 Å². The van der Waals surface area contributed by atoms with Gasteiger partial charge in [-0.1, -0.05) is 24.6 Å². The number of benzene rings is 1. The van der Waals surface area contributed by atoms with Gasteiger partial charge in [0.15, 0.2) is 0 Å². The number of methoxy groups -OCH3 is 1. The molecule has 0 N–H and O–H groups in total. The van der Waals surface area contributed by atoms with Crippen molar-refractivity contribution in [2.24, 2.45) is 0 Å². The van der Waals surface area contributed by atoms with Gasteiger partial charge in [0.25, 0.3) is 0 Å². The summed E-state index contributed by atoms with van der Waals surface area (Å²) in [6.45, 7) is 7.10. The van der Waals surface area contributed by atoms with E-state index in [1.165, 1.54) is 44.5 Å². The Morgan fingerprint density at radius 1 is 1.20 bits per heavy atom. The first kappa shape index (κ1) is 13.9. The molecule has 0 aromatic heterocycles. The molecule has 0 bridgehead atoms. The summed E-state index contributed by atoms with van der Waals surface area (Å²) < 4.78 is 5.49. The fraction of sp³-hybridized carbons (Fsp3) is 0.647. The molecule has 2 aliphatic rings. The monoisotopic (exact) mass is 274 g/mol. The van der Waals surface area contributed by atoms with Crippen molar-refractivity contribution >= 4 is 0 Å². The molecular formula is C17H26N2O. The van der Waals surface area contributed by atoms with Crippen LogP contribution in [0.5, 0.6) is 5.75 Å². The smallest absolute Gasteiger partial charge is 0.123 e. The lowest BCUT2D eigenvalue weighted by Crippen LogP contribution is -2.58. The summed E-state index contributed by atoms with van der Waals surface area (Å²) in [6.07, 6.45) is 4.16. The normalized spacial score (nSPS) is 28.1. The van der Waals surface area contributed by atoms with Gasteiger partial charge >= 0.3 is 0 Å². The summed E-state index contributed by atoms with van der Waals surface area (Å²) >= 11 is 0. The summed E-state index contributed by atoms with van der Waals surface area (Å²) in [7, 11) is 1.77. The number of hydrogen-bond donors (Lipinski definition) is 0. The highest BCUT2D eigenvalue weighted by molar-refractivity contribution is 5.33. The minimum atomic E-state index is 0.634. The van der Waals surface area contributed by atoms with Gasteiger partial charge in [0.2, 0.25) is 0 Å². The van der Waals surface area contributed by atoms with Crippen LogP contribution in [0.3, 0.4) is 0 Å². The van der Waals surface area contributed by atoms with E-state index in [1.54, 1.807) is 7.11 Å². The summed E-state index contributed by atoms with van der Waals surface area (Å²) in [4.78, 5) is 5.33. The standard InChI is InChI=1S/C17H26N2O/c1-14-11-18-10-6-5-8-16(18)13-19(14)12-15-7-3-4-9-17(15)20-2/h3-4,7,9,14,16H,5-6,8,10-13H2,1-2H3. The Kier molecular flexibility index (Phi) is 4.27. The van der Waals surface area contributed by atoms with E-state index in [1.807, 2.05) is 6.07 Å². The Morgan fingerprint density at radius 2 is 2.05 bits per heavy atom. The maximum atomic E-state index is 5.49. The predicted octanol–water partition coefficient (Wildman–Crippen LogP) is 2.75. The molecule has 0 amide bonds. The highest BCUT2D eigenvalue weighted by atomic mass is 16.5. The summed E-state index contributed by atoms with van der Waals surface area (Å²) in [5.74, 6) is 1.02. The van der Waals surface area contributed by atoms with Crippen molar-refractivity contribution in [3.63, 3.8) is 0 Å². The number of piperazine rings is 1. The summed E-state index contributed by atoms with van der Waals surface area (Å²) in [5, 5.41) is 0. The number of nitrogens with zero attached hydrogens (tertiary/aromatic N) is 2. The molecule has 20 heavy (non-hydrogen) atoms. The van der Waals surface area contributed by atoms with E-state index in [0.29, 0.717) is 6.04 Å². The van der Waals surface area contributed by atoms with Crippen LogP contribution in [0.2, 0.25) is 0 Å². The molecule has 0 spiro atoms. The second-order valence-electron chi connectivity index (χ2n) is 6.23. The average molecular weight is 274 g/mol. The molecule has 2 atom stereocenters. The van der Waals surface area contributed by atoms with Crippen LogP contribution >= 0.6 is 0 Å². The van der Waals surface area contributed by atoms with Gasteiger partial charge < -0.3 is 4.74 Å². The molecule has 2 unspecified atom stereocenters. The largest absolute Gasteiger partial charge is 0.496 e. The van der Waals surface area contributed by atoms with Crippen molar-refractivity contribution in [3.05, 3.63) is 29.8 Å². The van der Waals surface area contributed by atoms with Crippen molar-refractivity contribution in [2.75, 3.05) is 26.7 Å². The topological polar surface area (TPSA) is 15.7 Å². The first-order chi connectivity index (χ1) is 9.78. The van der Waals surface area contributed by atoms with Crippen molar-refractivity contribution in [3.8, 4) is 5.75 Å². The van der Waals surface area contributed by atoms with Crippen LogP contribution in [0.25, 0.3) is 0 Å². The Hall–Kier alpha value is -1.06. The van der Waals surface area contributed by atoms with Gasteiger partial charge in [-0.05, 0) is 32.4 Å². The number of rotatable bonds is 3. The van der Waals surface area contributed by atoms with Gasteiger partial charge in [0.1, 0.15) is 5.75 Å². The maximum Gasteiger partial charge on any atom is 0.123 e. The van der Waals surface area contributed by atoms with Crippen LogP contribution in [0, 0.1) is 0 Å². The molecule has 0 saturated carbocycles. The van der Waals surface area contributed by atoms with Gasteiger partial charge in [-0.15, -0.1) is 0 Å². The summed E-state index contributed by atoms with van der Waals surface area (Å²) in [5.41, 5.74) is 1.31. The molecule has 2 saturated heterocycles. The van der Waals surface area contributed by atoms with E-state index in [2.05, 4.69) is 34.9 Å². The molecule has 3 heteroatoms. The zero-order valence-corrected chi connectivity index (χ0v) is 12.7. The Labute approximate surface area is 122 Å². The van der Waals surface area contributed by atoms with E-state index < -0.39 is 0 Å². The zero-order valence-electron chi connectivity index (χ0n) is 12.7. The summed E-state index contributed by atoms with van der Waals surface area (Å²) in [6, 6.07) is 9.82. The molecule has 2 aliphatic heterocycles. The van der Waals surface area contributed by atoms with Crippen LogP contribution in [0.1, 0.15) is 31.7 Å². The Morgan fingerprint density at radius 3 is 2.90 bits per heavy atom. The van der Waals surface area contributed by atoms with Gasteiger partial charge in [-0.2, -0.15) is 0 Å². The minimum absolute atomic E-state index is 0.634. The van der Waals surface area contributed by atoms with Crippen molar-refractivity contribution < 1.29 is 4.74 Å². The van der Waals surface area contributed by atoms with Crippen molar-refractivity contribution in [1.82, 2.24) is 9.80 Å². The highest BCUT2D eigenvalue weighted by Gasteiger charge is 2.32. The van der Waals surface area contributed by atoms with Gasteiger partial charge in [0, 0.05) is 37.3 Å². The van der Waals surface area contributed by atoms with Crippen molar-refractivity contribution in [2.45, 2.75) is 44.8 Å². The lowest BCUT2D eigenvalue weighted by atomic mass is 9.96. The molecule has 0 aliphatic carbocycles. The molecule has 2 fully saturated rings. The molecular weight excluding hydrogens is 248 g/mol. The molecule has 3 rings (SSSR count). The molecule has 1 aromatic carbocycles. The zero-order chi connectivity index (χ0) is 13.9. The lowest BCUT2D eigenvalue weighted by Gasteiger charge is -2.47. The number of para-hydroxylation sites is 1. The molecule has 1 aromatic rings. The first-order valence-corrected chi connectivity index (χ1v) is 7.88. The quantitative estimate of drug-likeness (QED) is 0.843. The molecule has 2 heterocycles. The third-order valence-electron chi connectivity index (χ3n) is 4.88. The highest BCUT2D eigenvalue weighted by Crippen LogP contribution is 2.27. The number of ether oxygens (including phenoxy) is 1. The molecule has 3 nitrogen and oxygen atoms in total. The molecule has 0 radical (unpaired) electrons. The second-order valence-corrected chi connectivity index (χ2v) is 6.23. The fourth-order valence-corrected chi connectivity index (χ4v) is 3.69. The third kappa shape index (κ3) is 2.84. The average Bonchev–Trinajstić information content (AvgIpc) is 2.48. The number of hydrogen-bond acceptors (Lipinski definition) is 3. The van der Waals surface area contributed by atoms with Crippen LogP contribution in [0.15, 0.2) is 24.3 Å². The number of fused-ring (bicyclic) bond motifs is 1. The van der Waals surface area contributed by atoms with Gasteiger partial charge in [-0.3, -0.25) is 9.80 Å². The number of piperidine rings is 1. The van der Waals surface area contributed by atoms with Crippen LogP contribution < -0.4 is 4.74 Å². The minimum Gasteiger partial charge on any atom is -0.496 e. The lowest BCUT2D eigenvalue weighted by molar-refractivity contribution is 0.0108. The van der Waals surface area contributed by atoms with E-state index in [0.717, 1.165) is 18.3 Å². The van der Waals surface area contributed by atoms with E-state index in [4.69, 9.17) is 4.74 Å². The van der Waals surface area contributed by atoms with Crippen molar-refractivity contribution in [1.29, 1.82) is 0 Å². The van der Waals surface area contributed by atoms with Gasteiger partial charge in [0.05, 0.1) is 7.11 Å². The van der Waals surface area contributed by atoms with Crippen LogP contribution in [-0.4, -0.2) is 48.6 Å². The molecule has 110 valence electrons. The fourth-order valence-electron chi connectivity index (χ4n) is 3.69. The predicted molar refractivity (Wildman–Crippen MR) is 82.1 cm³/mol. The Bertz CT molecular complexity index is 448.